The van der Waals surface area contributed by atoms with Gasteiger partial charge in [0.15, 0.2) is 36.1 Å². The summed E-state index contributed by atoms with van der Waals surface area (Å²) in [5.74, 6) is 0.951. The summed E-state index contributed by atoms with van der Waals surface area (Å²) in [7, 11) is 0. The summed E-state index contributed by atoms with van der Waals surface area (Å²) in [4.78, 5) is 27.0. The highest BCUT2D eigenvalue weighted by molar-refractivity contribution is 6.21. The van der Waals surface area contributed by atoms with Crippen LogP contribution in [-0.4, -0.2) is 43.6 Å². The highest BCUT2D eigenvalue weighted by Crippen LogP contribution is 2.40. The molecule has 6 heterocycles. The van der Waals surface area contributed by atoms with Crippen LogP contribution in [-0.2, 0) is 0 Å². The average molecular weight is 504 g/mol. The zero-order valence-electron chi connectivity index (χ0n) is 19.8. The van der Waals surface area contributed by atoms with Crippen molar-refractivity contribution in [3.63, 3.8) is 0 Å². The van der Waals surface area contributed by atoms with Crippen LogP contribution >= 0.6 is 0 Å². The molecule has 0 bridgehead atoms. The maximum Gasteiger partial charge on any atom is 0.190 e. The Balaban J connectivity index is 1.75. The molecule has 0 unspecified atom stereocenters. The molecule has 0 fully saturated rings. The van der Waals surface area contributed by atoms with Crippen molar-refractivity contribution in [1.29, 1.82) is 15.8 Å². The normalized spacial score (nSPS) is 11.0. The van der Waals surface area contributed by atoms with Crippen molar-refractivity contribution >= 4 is 33.1 Å². The largest absolute Gasteiger partial charge is 0.264 e. The number of rotatable bonds is 3. The summed E-state index contributed by atoms with van der Waals surface area (Å²) < 4.78 is 4.02. The number of imidazole rings is 3. The lowest BCUT2D eigenvalue weighted by Crippen LogP contribution is -1.95. The molecule has 39 heavy (non-hydrogen) atoms. The van der Waals surface area contributed by atoms with E-state index in [1.54, 1.807) is 73.6 Å². The summed E-state index contributed by atoms with van der Waals surface area (Å²) in [6.45, 7) is 0. The maximum atomic E-state index is 10.3. The van der Waals surface area contributed by atoms with Crippen molar-refractivity contribution in [3.8, 4) is 52.7 Å². The third kappa shape index (κ3) is 3.02. The number of pyridine rings is 3. The molecule has 0 atom stereocenters. The van der Waals surface area contributed by atoms with Gasteiger partial charge < -0.3 is 0 Å². The molecule has 12 heteroatoms. The number of hydrogen-bond acceptors (Lipinski definition) is 9. The molecule has 7 rings (SSSR count). The topological polar surface area (TPSA) is 164 Å². The molecule has 1 aromatic carbocycles. The third-order valence-corrected chi connectivity index (χ3v) is 6.36. The maximum absolute atomic E-state index is 10.3. The van der Waals surface area contributed by atoms with Gasteiger partial charge in [-0.25, -0.2) is 28.7 Å². The monoisotopic (exact) mass is 504 g/mol. The highest BCUT2D eigenvalue weighted by atomic mass is 15.2. The summed E-state index contributed by atoms with van der Waals surface area (Å²) in [6.07, 6.45) is 16.3. The van der Waals surface area contributed by atoms with E-state index in [2.05, 4.69) is 33.5 Å². The Morgan fingerprint density at radius 3 is 1.03 bits per heavy atom. The van der Waals surface area contributed by atoms with E-state index in [4.69, 9.17) is 15.0 Å². The van der Waals surface area contributed by atoms with E-state index >= 15 is 0 Å². The average Bonchev–Trinajstić information content (AvgIpc) is 3.69. The molecule has 6 aromatic heterocycles. The number of aromatic nitrogens is 9. The Labute approximate surface area is 218 Å². The molecule has 0 saturated heterocycles. The number of nitrogens with zero attached hydrogens (tertiary/aromatic N) is 12. The first kappa shape index (κ1) is 21.8. The van der Waals surface area contributed by atoms with Gasteiger partial charge in [0.25, 0.3) is 0 Å². The second-order valence-electron chi connectivity index (χ2n) is 8.43. The lowest BCUT2D eigenvalue weighted by Gasteiger charge is -2.01. The van der Waals surface area contributed by atoms with E-state index in [1.807, 2.05) is 0 Å². The van der Waals surface area contributed by atoms with Crippen LogP contribution < -0.4 is 0 Å². The smallest absolute Gasteiger partial charge is 0.190 e. The molecular weight excluding hydrogens is 492 g/mol. The Morgan fingerprint density at radius 2 is 0.795 bits per heavy atom. The SMILES string of the molecule is N#Cn1c(-c2cccnc2)nc2c1c1nc(-c3cccnc3)n(C#N)c1c1nc(-c3cccnc3)n(C#N)c21. The number of benzene rings is 1. The Hall–Kier alpha value is -6.45. The zero-order chi connectivity index (χ0) is 26.5. The van der Waals surface area contributed by atoms with Crippen LogP contribution in [0.1, 0.15) is 0 Å². The molecule has 0 N–H and O–H groups in total. The van der Waals surface area contributed by atoms with Crippen LogP contribution in [0.25, 0.3) is 67.3 Å². The lowest BCUT2D eigenvalue weighted by molar-refractivity contribution is 1.11. The van der Waals surface area contributed by atoms with Crippen LogP contribution in [0.2, 0.25) is 0 Å². The molecule has 0 amide bonds. The molecule has 0 aliphatic carbocycles. The highest BCUT2D eigenvalue weighted by Gasteiger charge is 2.29. The molecule has 0 aliphatic heterocycles. The van der Waals surface area contributed by atoms with Gasteiger partial charge >= 0.3 is 0 Å². The molecule has 0 aliphatic rings. The van der Waals surface area contributed by atoms with Gasteiger partial charge in [0.2, 0.25) is 0 Å². The van der Waals surface area contributed by atoms with Gasteiger partial charge in [-0.1, -0.05) is 0 Å². The van der Waals surface area contributed by atoms with E-state index < -0.39 is 0 Å². The van der Waals surface area contributed by atoms with Gasteiger partial charge in [-0.3, -0.25) is 15.0 Å². The van der Waals surface area contributed by atoms with Gasteiger partial charge in [0.05, 0.1) is 0 Å². The molecule has 7 aromatic rings. The fourth-order valence-electron chi connectivity index (χ4n) is 4.77. The first-order valence-corrected chi connectivity index (χ1v) is 11.6. The fraction of sp³-hybridized carbons (Fsp3) is 0. The molecular formula is C27H12N12. The van der Waals surface area contributed by atoms with Gasteiger partial charge in [-0.2, -0.15) is 15.8 Å². The fourth-order valence-corrected chi connectivity index (χ4v) is 4.77. The summed E-state index contributed by atoms with van der Waals surface area (Å²) in [5, 5.41) is 30.9. The van der Waals surface area contributed by atoms with Crippen LogP contribution in [0.4, 0.5) is 0 Å². The summed E-state index contributed by atoms with van der Waals surface area (Å²) in [6, 6.07) is 10.6. The molecule has 12 nitrogen and oxygen atoms in total. The predicted octanol–water partition coefficient (Wildman–Crippen LogP) is 3.91. The van der Waals surface area contributed by atoms with Crippen molar-refractivity contribution < 1.29 is 0 Å². The van der Waals surface area contributed by atoms with Gasteiger partial charge in [-0.05, 0) is 36.4 Å². The van der Waals surface area contributed by atoms with E-state index in [0.717, 1.165) is 0 Å². The van der Waals surface area contributed by atoms with Crippen LogP contribution in [0, 0.1) is 34.4 Å². The van der Waals surface area contributed by atoms with Crippen molar-refractivity contribution in [1.82, 2.24) is 43.6 Å². The van der Waals surface area contributed by atoms with E-state index in [-0.39, 0.29) is 0 Å². The van der Waals surface area contributed by atoms with Crippen LogP contribution in [0.15, 0.2) is 73.6 Å². The number of nitriles is 3. The zero-order valence-corrected chi connectivity index (χ0v) is 19.8. The summed E-state index contributed by atoms with van der Waals surface area (Å²) >= 11 is 0. The van der Waals surface area contributed by atoms with Crippen molar-refractivity contribution in [2.75, 3.05) is 0 Å². The van der Waals surface area contributed by atoms with Crippen molar-refractivity contribution in [2.24, 2.45) is 0 Å². The molecule has 180 valence electrons. The predicted molar refractivity (Wildman–Crippen MR) is 139 cm³/mol. The van der Waals surface area contributed by atoms with Gasteiger partial charge in [-0.15, -0.1) is 0 Å². The molecule has 0 spiro atoms. The number of hydrogen-bond donors (Lipinski definition) is 0. The minimum Gasteiger partial charge on any atom is -0.264 e. The minimum absolute atomic E-state index is 0.317. The Morgan fingerprint density at radius 1 is 0.487 bits per heavy atom. The quantitative estimate of drug-likeness (QED) is 0.347. The van der Waals surface area contributed by atoms with Crippen LogP contribution in [0.5, 0.6) is 0 Å². The second kappa shape index (κ2) is 8.30. The minimum atomic E-state index is 0.317. The Kier molecular flexibility index (Phi) is 4.64. The lowest BCUT2D eigenvalue weighted by atomic mass is 10.2. The van der Waals surface area contributed by atoms with E-state index in [1.165, 1.54) is 13.7 Å². The van der Waals surface area contributed by atoms with Gasteiger partial charge in [0.1, 0.15) is 33.1 Å². The van der Waals surface area contributed by atoms with E-state index in [9.17, 15) is 15.8 Å². The Bertz CT molecular complexity index is 1900. The van der Waals surface area contributed by atoms with Crippen molar-refractivity contribution in [2.45, 2.75) is 0 Å². The standard InChI is InChI=1S/C27H12N12/c28-13-37-22-19(34-25(37)16-4-1-7-31-10-16)23-21(36-27(38(23)14-29)18-6-3-9-33-12-18)24-20(22)35-26(39(24)15-30)17-5-2-8-32-11-17/h1-12H. The third-order valence-electron chi connectivity index (χ3n) is 6.36. The molecule has 0 saturated carbocycles. The van der Waals surface area contributed by atoms with Crippen molar-refractivity contribution in [3.05, 3.63) is 73.6 Å². The first-order valence-electron chi connectivity index (χ1n) is 11.6. The van der Waals surface area contributed by atoms with Gasteiger partial charge in [0, 0.05) is 53.9 Å². The molecule has 0 radical (unpaired) electrons. The summed E-state index contributed by atoms with van der Waals surface area (Å²) in [5.41, 5.74) is 3.82. The first-order chi connectivity index (χ1) is 19.2. The second-order valence-corrected chi connectivity index (χ2v) is 8.43. The number of fused-ring (bicyclic) bond motifs is 6. The van der Waals surface area contributed by atoms with Crippen LogP contribution in [0.3, 0.4) is 0 Å². The van der Waals surface area contributed by atoms with E-state index in [0.29, 0.717) is 67.3 Å².